The van der Waals surface area contributed by atoms with E-state index in [9.17, 15) is 4.79 Å². The van der Waals surface area contributed by atoms with Crippen LogP contribution in [0.5, 0.6) is 0 Å². The number of hydrogen-bond acceptors (Lipinski definition) is 3. The van der Waals surface area contributed by atoms with Crippen LogP contribution in [0.25, 0.3) is 0 Å². The van der Waals surface area contributed by atoms with Gasteiger partial charge in [-0.15, -0.1) is 0 Å². The second-order valence-electron chi connectivity index (χ2n) is 4.98. The van der Waals surface area contributed by atoms with Crippen LogP contribution in [0.3, 0.4) is 0 Å². The fourth-order valence-corrected chi connectivity index (χ4v) is 2.05. The summed E-state index contributed by atoms with van der Waals surface area (Å²) in [5.41, 5.74) is 1.18. The van der Waals surface area contributed by atoms with Crippen molar-refractivity contribution in [2.45, 2.75) is 38.6 Å². The molecule has 0 bridgehead atoms. The Morgan fingerprint density at radius 1 is 1.50 bits per heavy atom. The highest BCUT2D eigenvalue weighted by atomic mass is 16.2. The molecule has 4 nitrogen and oxygen atoms in total. The molecule has 0 atom stereocenters. The molecule has 1 N–H and O–H groups in total. The molecule has 2 rings (SSSR count). The second kappa shape index (κ2) is 7.06. The van der Waals surface area contributed by atoms with Gasteiger partial charge in [-0.2, -0.15) is 0 Å². The first-order valence-electron chi connectivity index (χ1n) is 7.13. The molecule has 1 aliphatic carbocycles. The van der Waals surface area contributed by atoms with Gasteiger partial charge in [0.1, 0.15) is 12.3 Å². The number of aliphatic hydroxyl groups excluding tert-OH is 1. The van der Waals surface area contributed by atoms with Crippen LogP contribution in [-0.4, -0.2) is 40.1 Å². The van der Waals surface area contributed by atoms with E-state index in [1.54, 1.807) is 18.3 Å². The quantitative estimate of drug-likeness (QED) is 0.832. The van der Waals surface area contributed by atoms with E-state index in [1.807, 2.05) is 4.90 Å². The van der Waals surface area contributed by atoms with Crippen molar-refractivity contribution in [2.75, 3.05) is 13.2 Å². The van der Waals surface area contributed by atoms with Crippen molar-refractivity contribution in [3.05, 3.63) is 29.6 Å². The molecule has 106 valence electrons. The number of unbranched alkanes of at least 4 members (excludes halogenated alkanes) is 1. The molecule has 1 aliphatic rings. The van der Waals surface area contributed by atoms with Gasteiger partial charge in [-0.05, 0) is 31.4 Å². The first-order chi connectivity index (χ1) is 9.76. The molecule has 0 aromatic carbocycles. The van der Waals surface area contributed by atoms with Crippen molar-refractivity contribution < 1.29 is 9.90 Å². The lowest BCUT2D eigenvalue weighted by molar-refractivity contribution is 0.0735. The molecule has 20 heavy (non-hydrogen) atoms. The van der Waals surface area contributed by atoms with Crippen LogP contribution in [-0.2, 0) is 0 Å². The number of amides is 1. The highest BCUT2D eigenvalue weighted by Crippen LogP contribution is 2.28. The third-order valence-corrected chi connectivity index (χ3v) is 3.30. The zero-order chi connectivity index (χ0) is 14.4. The summed E-state index contributed by atoms with van der Waals surface area (Å²) in [5, 5.41) is 8.64. The zero-order valence-corrected chi connectivity index (χ0v) is 11.8. The van der Waals surface area contributed by atoms with Gasteiger partial charge in [-0.3, -0.25) is 4.79 Å². The molecule has 0 spiro atoms. The average molecular weight is 272 g/mol. The summed E-state index contributed by atoms with van der Waals surface area (Å²) in [5.74, 6) is 5.35. The minimum Gasteiger partial charge on any atom is -0.384 e. The predicted molar refractivity (Wildman–Crippen MR) is 77.2 cm³/mol. The van der Waals surface area contributed by atoms with Gasteiger partial charge in [0, 0.05) is 24.3 Å². The molecular formula is C16H20N2O2. The summed E-state index contributed by atoms with van der Waals surface area (Å²) in [7, 11) is 0. The molecule has 0 unspecified atom stereocenters. The third kappa shape index (κ3) is 3.82. The predicted octanol–water partition coefficient (Wildman–Crippen LogP) is 1.83. The zero-order valence-electron chi connectivity index (χ0n) is 11.8. The Hall–Kier alpha value is -1.86. The van der Waals surface area contributed by atoms with Gasteiger partial charge in [0.05, 0.1) is 0 Å². The maximum atomic E-state index is 12.4. The number of carbonyl (C=O) groups excluding carboxylic acids is 1. The summed E-state index contributed by atoms with van der Waals surface area (Å²) in [4.78, 5) is 18.6. The minimum absolute atomic E-state index is 0.0163. The van der Waals surface area contributed by atoms with E-state index in [4.69, 9.17) is 5.11 Å². The molecule has 4 heteroatoms. The first-order valence-corrected chi connectivity index (χ1v) is 7.13. The standard InChI is InChI=1S/C16H20N2O2/c1-2-3-10-18(14-7-8-14)16(20)15-9-6-13(12-17-15)5-4-11-19/h6,9,12,14,19H,2-3,7-8,10-11H2,1H3. The van der Waals surface area contributed by atoms with E-state index in [-0.39, 0.29) is 12.5 Å². The van der Waals surface area contributed by atoms with Crippen molar-refractivity contribution in [3.8, 4) is 11.8 Å². The second-order valence-corrected chi connectivity index (χ2v) is 4.98. The molecule has 0 radical (unpaired) electrons. The first kappa shape index (κ1) is 14.5. The van der Waals surface area contributed by atoms with E-state index in [2.05, 4.69) is 23.7 Å². The maximum Gasteiger partial charge on any atom is 0.272 e. The van der Waals surface area contributed by atoms with Gasteiger partial charge in [0.15, 0.2) is 0 Å². The monoisotopic (exact) mass is 272 g/mol. The third-order valence-electron chi connectivity index (χ3n) is 3.30. The van der Waals surface area contributed by atoms with Crippen molar-refractivity contribution in [2.24, 2.45) is 0 Å². The summed E-state index contributed by atoms with van der Waals surface area (Å²) >= 11 is 0. The Morgan fingerprint density at radius 2 is 2.30 bits per heavy atom. The summed E-state index contributed by atoms with van der Waals surface area (Å²) in [6.07, 6.45) is 5.91. The number of rotatable bonds is 5. The van der Waals surface area contributed by atoms with Crippen LogP contribution >= 0.6 is 0 Å². The van der Waals surface area contributed by atoms with Gasteiger partial charge >= 0.3 is 0 Å². The molecule has 1 heterocycles. The van der Waals surface area contributed by atoms with Crippen LogP contribution in [0.2, 0.25) is 0 Å². The van der Waals surface area contributed by atoms with Crippen molar-refractivity contribution in [1.82, 2.24) is 9.88 Å². The maximum absolute atomic E-state index is 12.4. The Bertz CT molecular complexity index is 510. The number of hydrogen-bond donors (Lipinski definition) is 1. The average Bonchev–Trinajstić information content (AvgIpc) is 3.30. The number of pyridine rings is 1. The van der Waals surface area contributed by atoms with Gasteiger partial charge in [0.2, 0.25) is 0 Å². The molecule has 1 fully saturated rings. The van der Waals surface area contributed by atoms with Gasteiger partial charge in [-0.25, -0.2) is 4.98 Å². The smallest absolute Gasteiger partial charge is 0.272 e. The van der Waals surface area contributed by atoms with E-state index in [1.165, 1.54) is 0 Å². The normalized spacial score (nSPS) is 13.5. The van der Waals surface area contributed by atoms with E-state index >= 15 is 0 Å². The van der Waals surface area contributed by atoms with Crippen LogP contribution in [0, 0.1) is 11.8 Å². The van der Waals surface area contributed by atoms with Crippen LogP contribution in [0.1, 0.15) is 48.7 Å². The molecular weight excluding hydrogens is 252 g/mol. The lowest BCUT2D eigenvalue weighted by atomic mass is 10.2. The molecule has 1 saturated carbocycles. The highest BCUT2D eigenvalue weighted by Gasteiger charge is 2.32. The molecule has 1 amide bonds. The molecule has 1 aromatic rings. The summed E-state index contributed by atoms with van der Waals surface area (Å²) < 4.78 is 0. The van der Waals surface area contributed by atoms with Crippen molar-refractivity contribution in [3.63, 3.8) is 0 Å². The Labute approximate surface area is 119 Å². The lowest BCUT2D eigenvalue weighted by Crippen LogP contribution is -2.34. The number of aromatic nitrogens is 1. The fraction of sp³-hybridized carbons (Fsp3) is 0.500. The Kier molecular flexibility index (Phi) is 5.14. The van der Waals surface area contributed by atoms with Gasteiger partial charge < -0.3 is 10.0 Å². The Balaban J connectivity index is 2.06. The lowest BCUT2D eigenvalue weighted by Gasteiger charge is -2.21. The summed E-state index contributed by atoms with van der Waals surface area (Å²) in [6, 6.07) is 3.89. The largest absolute Gasteiger partial charge is 0.384 e. The van der Waals surface area contributed by atoms with Crippen molar-refractivity contribution in [1.29, 1.82) is 0 Å². The summed E-state index contributed by atoms with van der Waals surface area (Å²) in [6.45, 7) is 2.77. The molecule has 0 saturated heterocycles. The van der Waals surface area contributed by atoms with Crippen LogP contribution in [0.4, 0.5) is 0 Å². The SMILES string of the molecule is CCCCN(C(=O)c1ccc(C#CCO)cn1)C1CC1. The van der Waals surface area contributed by atoms with Crippen LogP contribution in [0.15, 0.2) is 18.3 Å². The number of carbonyl (C=O) groups is 1. The number of nitrogens with zero attached hydrogens (tertiary/aromatic N) is 2. The Morgan fingerprint density at radius 3 is 2.85 bits per heavy atom. The van der Waals surface area contributed by atoms with E-state index in [0.29, 0.717) is 17.3 Å². The fourth-order valence-electron chi connectivity index (χ4n) is 2.05. The highest BCUT2D eigenvalue weighted by molar-refractivity contribution is 5.92. The molecule has 0 aliphatic heterocycles. The van der Waals surface area contributed by atoms with E-state index in [0.717, 1.165) is 32.2 Å². The van der Waals surface area contributed by atoms with Crippen LogP contribution < -0.4 is 0 Å². The van der Waals surface area contributed by atoms with Gasteiger partial charge in [-0.1, -0.05) is 25.2 Å². The molecule has 1 aromatic heterocycles. The number of aliphatic hydroxyl groups is 1. The van der Waals surface area contributed by atoms with Gasteiger partial charge in [0.25, 0.3) is 5.91 Å². The minimum atomic E-state index is -0.173. The van der Waals surface area contributed by atoms with E-state index < -0.39 is 0 Å². The van der Waals surface area contributed by atoms with Crippen molar-refractivity contribution >= 4 is 5.91 Å². The topological polar surface area (TPSA) is 53.4 Å².